The fraction of sp³-hybridized carbons (Fsp3) is 0.375. The van der Waals surface area contributed by atoms with Crippen LogP contribution >= 0.6 is 0 Å². The summed E-state index contributed by atoms with van der Waals surface area (Å²) in [5.74, 6) is 0.453. The van der Waals surface area contributed by atoms with E-state index in [4.69, 9.17) is 4.42 Å². The number of benzene rings is 1. The minimum absolute atomic E-state index is 0.0696. The van der Waals surface area contributed by atoms with E-state index in [2.05, 4.69) is 15.6 Å². The largest absolute Gasteiger partial charge is 0.446 e. The Morgan fingerprint density at radius 3 is 2.95 bits per heavy atom. The van der Waals surface area contributed by atoms with Gasteiger partial charge in [-0.05, 0) is 31.9 Å². The maximum atomic E-state index is 12.4. The van der Waals surface area contributed by atoms with E-state index in [0.29, 0.717) is 11.5 Å². The molecule has 1 aromatic carbocycles. The highest BCUT2D eigenvalue weighted by Gasteiger charge is 2.27. The van der Waals surface area contributed by atoms with Crippen molar-refractivity contribution in [1.82, 2.24) is 15.6 Å². The number of carbonyl (C=O) groups excluding carboxylic acids is 1. The van der Waals surface area contributed by atoms with Gasteiger partial charge in [-0.15, -0.1) is 0 Å². The molecule has 2 atom stereocenters. The predicted molar refractivity (Wildman–Crippen MR) is 78.8 cm³/mol. The van der Waals surface area contributed by atoms with Gasteiger partial charge in [-0.2, -0.15) is 0 Å². The number of nitrogens with zero attached hydrogens (tertiary/aromatic N) is 1. The van der Waals surface area contributed by atoms with Crippen molar-refractivity contribution in [2.45, 2.75) is 31.8 Å². The van der Waals surface area contributed by atoms with Gasteiger partial charge in [0.25, 0.3) is 5.91 Å². The average Bonchev–Trinajstić information content (AvgIpc) is 3.18. The molecule has 5 nitrogen and oxygen atoms in total. The zero-order valence-corrected chi connectivity index (χ0v) is 12.0. The van der Waals surface area contributed by atoms with Crippen LogP contribution in [0.1, 0.15) is 53.7 Å². The summed E-state index contributed by atoms with van der Waals surface area (Å²) in [6, 6.07) is 9.89. The molecule has 110 valence electrons. The molecule has 2 heterocycles. The number of amides is 1. The van der Waals surface area contributed by atoms with E-state index in [9.17, 15) is 4.79 Å². The Hall–Kier alpha value is -2.14. The van der Waals surface area contributed by atoms with Crippen LogP contribution in [0.4, 0.5) is 0 Å². The third-order valence-corrected chi connectivity index (χ3v) is 3.83. The van der Waals surface area contributed by atoms with Crippen molar-refractivity contribution in [3.05, 3.63) is 53.7 Å². The van der Waals surface area contributed by atoms with Crippen molar-refractivity contribution in [2.75, 3.05) is 6.54 Å². The van der Waals surface area contributed by atoms with Gasteiger partial charge in [-0.25, -0.2) is 4.98 Å². The Morgan fingerprint density at radius 2 is 2.24 bits per heavy atom. The first kappa shape index (κ1) is 13.8. The summed E-state index contributed by atoms with van der Waals surface area (Å²) >= 11 is 0. The number of hydrogen-bond acceptors (Lipinski definition) is 4. The Kier molecular flexibility index (Phi) is 4.01. The summed E-state index contributed by atoms with van der Waals surface area (Å²) in [4.78, 5) is 16.5. The lowest BCUT2D eigenvalue weighted by atomic mass is 10.1. The van der Waals surface area contributed by atoms with Gasteiger partial charge in [0.1, 0.15) is 0 Å². The van der Waals surface area contributed by atoms with Crippen LogP contribution in [0.3, 0.4) is 0 Å². The summed E-state index contributed by atoms with van der Waals surface area (Å²) in [6.07, 6.45) is 3.41. The molecule has 0 aliphatic carbocycles. The molecule has 1 amide bonds. The molecule has 1 aromatic heterocycles. The van der Waals surface area contributed by atoms with E-state index < -0.39 is 0 Å². The van der Waals surface area contributed by atoms with Crippen molar-refractivity contribution in [3.63, 3.8) is 0 Å². The SMILES string of the molecule is C[C@@H](NC(=O)c1ncoc1[C@@H]1CCCN1)c1ccccc1. The second-order valence-corrected chi connectivity index (χ2v) is 5.32. The van der Waals surface area contributed by atoms with Crippen LogP contribution in [0.25, 0.3) is 0 Å². The van der Waals surface area contributed by atoms with Crippen LogP contribution in [-0.2, 0) is 0 Å². The van der Waals surface area contributed by atoms with Crippen molar-refractivity contribution < 1.29 is 9.21 Å². The van der Waals surface area contributed by atoms with Gasteiger partial charge in [0.05, 0.1) is 12.1 Å². The highest BCUT2D eigenvalue weighted by molar-refractivity contribution is 5.93. The van der Waals surface area contributed by atoms with Crippen LogP contribution in [0.2, 0.25) is 0 Å². The molecular formula is C16H19N3O2. The molecule has 3 rings (SSSR count). The molecule has 0 bridgehead atoms. The van der Waals surface area contributed by atoms with Gasteiger partial charge in [-0.1, -0.05) is 30.3 Å². The summed E-state index contributed by atoms with van der Waals surface area (Å²) < 4.78 is 5.42. The minimum atomic E-state index is -0.191. The lowest BCUT2D eigenvalue weighted by Gasteiger charge is -2.14. The first-order valence-electron chi connectivity index (χ1n) is 7.28. The van der Waals surface area contributed by atoms with Gasteiger partial charge in [0, 0.05) is 0 Å². The smallest absolute Gasteiger partial charge is 0.274 e. The van der Waals surface area contributed by atoms with E-state index in [0.717, 1.165) is 24.9 Å². The predicted octanol–water partition coefficient (Wildman–Crippen LogP) is 2.59. The third-order valence-electron chi connectivity index (χ3n) is 3.83. The van der Waals surface area contributed by atoms with Crippen LogP contribution in [-0.4, -0.2) is 17.4 Å². The molecule has 21 heavy (non-hydrogen) atoms. The monoisotopic (exact) mass is 285 g/mol. The van der Waals surface area contributed by atoms with Crippen molar-refractivity contribution >= 4 is 5.91 Å². The standard InChI is InChI=1S/C16H19N3O2/c1-11(12-6-3-2-4-7-12)19-16(20)14-15(21-10-18-14)13-8-5-9-17-13/h2-4,6-7,10-11,13,17H,5,8-9H2,1H3,(H,19,20)/t11-,13+/m1/s1. The number of carbonyl (C=O) groups is 1. The fourth-order valence-electron chi connectivity index (χ4n) is 2.67. The van der Waals surface area contributed by atoms with Gasteiger partial charge < -0.3 is 15.1 Å². The minimum Gasteiger partial charge on any atom is -0.446 e. The van der Waals surface area contributed by atoms with E-state index >= 15 is 0 Å². The topological polar surface area (TPSA) is 67.2 Å². The second-order valence-electron chi connectivity index (χ2n) is 5.32. The lowest BCUT2D eigenvalue weighted by Crippen LogP contribution is -2.28. The highest BCUT2D eigenvalue weighted by Crippen LogP contribution is 2.25. The first-order chi connectivity index (χ1) is 10.3. The quantitative estimate of drug-likeness (QED) is 0.906. The Balaban J connectivity index is 1.72. The summed E-state index contributed by atoms with van der Waals surface area (Å²) in [5, 5.41) is 6.30. The Labute approximate surface area is 123 Å². The van der Waals surface area contributed by atoms with Crippen LogP contribution in [0, 0.1) is 0 Å². The van der Waals surface area contributed by atoms with Gasteiger partial charge in [0.2, 0.25) is 0 Å². The van der Waals surface area contributed by atoms with Crippen LogP contribution < -0.4 is 10.6 Å². The van der Waals surface area contributed by atoms with Crippen molar-refractivity contribution in [2.24, 2.45) is 0 Å². The fourth-order valence-corrected chi connectivity index (χ4v) is 2.67. The Bertz CT molecular complexity index is 603. The molecule has 0 radical (unpaired) electrons. The van der Waals surface area contributed by atoms with Crippen LogP contribution in [0.15, 0.2) is 41.1 Å². The molecule has 1 aliphatic rings. The number of nitrogens with one attached hydrogen (secondary N) is 2. The molecule has 0 unspecified atom stereocenters. The number of aromatic nitrogens is 1. The molecule has 0 spiro atoms. The van der Waals surface area contributed by atoms with E-state index in [1.165, 1.54) is 6.39 Å². The third kappa shape index (κ3) is 2.97. The zero-order chi connectivity index (χ0) is 14.7. The maximum absolute atomic E-state index is 12.4. The van der Waals surface area contributed by atoms with Crippen molar-refractivity contribution in [1.29, 1.82) is 0 Å². The average molecular weight is 285 g/mol. The Morgan fingerprint density at radius 1 is 1.43 bits per heavy atom. The molecule has 5 heteroatoms. The normalized spacial score (nSPS) is 19.4. The van der Waals surface area contributed by atoms with E-state index in [-0.39, 0.29) is 18.0 Å². The second kappa shape index (κ2) is 6.10. The molecule has 1 fully saturated rings. The number of oxazole rings is 1. The zero-order valence-electron chi connectivity index (χ0n) is 12.0. The highest BCUT2D eigenvalue weighted by atomic mass is 16.3. The molecule has 0 saturated carbocycles. The lowest BCUT2D eigenvalue weighted by molar-refractivity contribution is 0.0932. The molecule has 1 saturated heterocycles. The first-order valence-corrected chi connectivity index (χ1v) is 7.28. The number of rotatable bonds is 4. The molecule has 1 aliphatic heterocycles. The molecular weight excluding hydrogens is 266 g/mol. The van der Waals surface area contributed by atoms with Gasteiger partial charge in [-0.3, -0.25) is 4.79 Å². The number of hydrogen-bond donors (Lipinski definition) is 2. The summed E-state index contributed by atoms with van der Waals surface area (Å²) in [6.45, 7) is 2.91. The van der Waals surface area contributed by atoms with Crippen LogP contribution in [0.5, 0.6) is 0 Å². The van der Waals surface area contributed by atoms with E-state index in [1.807, 2.05) is 37.3 Å². The maximum Gasteiger partial charge on any atom is 0.274 e. The molecule has 2 aromatic rings. The summed E-state index contributed by atoms with van der Waals surface area (Å²) in [7, 11) is 0. The van der Waals surface area contributed by atoms with Gasteiger partial charge in [0.15, 0.2) is 17.8 Å². The van der Waals surface area contributed by atoms with Crippen molar-refractivity contribution in [3.8, 4) is 0 Å². The molecule has 2 N–H and O–H groups in total. The summed E-state index contributed by atoms with van der Waals surface area (Å²) in [5.41, 5.74) is 1.45. The van der Waals surface area contributed by atoms with E-state index in [1.54, 1.807) is 0 Å². The van der Waals surface area contributed by atoms with Gasteiger partial charge >= 0.3 is 0 Å².